The molecule has 3 aromatic rings. The van der Waals surface area contributed by atoms with E-state index >= 15 is 0 Å². The predicted molar refractivity (Wildman–Crippen MR) is 133 cm³/mol. The molecule has 7 heteroatoms. The number of nitrogens with zero attached hydrogens (tertiary/aromatic N) is 1. The smallest absolute Gasteiger partial charge is 0.255 e. The van der Waals surface area contributed by atoms with Crippen molar-refractivity contribution in [2.75, 3.05) is 18.4 Å². The maximum absolute atomic E-state index is 13.0. The van der Waals surface area contributed by atoms with Crippen LogP contribution in [0.2, 0.25) is 5.02 Å². The number of carbonyl (C=O) groups is 3. The first-order valence-electron chi connectivity index (χ1n) is 11.3. The van der Waals surface area contributed by atoms with Crippen LogP contribution < -0.4 is 10.6 Å². The molecule has 0 spiro atoms. The van der Waals surface area contributed by atoms with Crippen LogP contribution in [-0.2, 0) is 11.3 Å². The largest absolute Gasteiger partial charge is 0.352 e. The fourth-order valence-corrected chi connectivity index (χ4v) is 4.11. The Morgan fingerprint density at radius 3 is 2.26 bits per heavy atom. The van der Waals surface area contributed by atoms with E-state index in [4.69, 9.17) is 11.6 Å². The van der Waals surface area contributed by atoms with Gasteiger partial charge in [-0.1, -0.05) is 41.9 Å². The number of benzene rings is 3. The molecule has 1 aliphatic heterocycles. The van der Waals surface area contributed by atoms with Crippen LogP contribution in [0, 0.1) is 5.92 Å². The van der Waals surface area contributed by atoms with E-state index in [0.29, 0.717) is 41.5 Å². The van der Waals surface area contributed by atoms with Crippen LogP contribution in [0.3, 0.4) is 0 Å². The highest BCUT2D eigenvalue weighted by molar-refractivity contribution is 6.30. The Balaban J connectivity index is 1.32. The van der Waals surface area contributed by atoms with Crippen molar-refractivity contribution in [2.24, 2.45) is 5.92 Å². The highest BCUT2D eigenvalue weighted by atomic mass is 35.5. The van der Waals surface area contributed by atoms with Crippen molar-refractivity contribution in [2.45, 2.75) is 19.4 Å². The maximum atomic E-state index is 13.0. The number of likely N-dealkylation sites (tertiary alicyclic amines) is 1. The minimum absolute atomic E-state index is 0.0263. The van der Waals surface area contributed by atoms with E-state index in [1.54, 1.807) is 53.4 Å². The summed E-state index contributed by atoms with van der Waals surface area (Å²) in [5.41, 5.74) is 2.65. The third kappa shape index (κ3) is 6.02. The Bertz CT molecular complexity index is 1150. The molecule has 1 atom stereocenters. The number of nitrogens with one attached hydrogen (secondary N) is 2. The Labute approximate surface area is 203 Å². The normalized spacial score (nSPS) is 15.4. The molecule has 0 aliphatic carbocycles. The standard InChI is InChI=1S/C27H26ClN3O3/c28-23-12-8-20(9-13-23)26(33)30-24-14-10-21(11-15-24)27(34)31-16-4-7-22(18-31)25(32)29-17-19-5-2-1-3-6-19/h1-3,5-6,8-15,22H,4,7,16-18H2,(H,29,32)(H,30,33)/t22-/m0/s1. The van der Waals surface area contributed by atoms with Crippen LogP contribution in [-0.4, -0.2) is 35.7 Å². The van der Waals surface area contributed by atoms with Gasteiger partial charge < -0.3 is 15.5 Å². The first kappa shape index (κ1) is 23.5. The fraction of sp³-hybridized carbons (Fsp3) is 0.222. The third-order valence-electron chi connectivity index (χ3n) is 5.89. The molecule has 6 nitrogen and oxygen atoms in total. The van der Waals surface area contributed by atoms with E-state index in [2.05, 4.69) is 10.6 Å². The minimum Gasteiger partial charge on any atom is -0.352 e. The number of hydrogen-bond acceptors (Lipinski definition) is 3. The molecule has 3 aromatic carbocycles. The van der Waals surface area contributed by atoms with Gasteiger partial charge in [0, 0.05) is 41.5 Å². The highest BCUT2D eigenvalue weighted by Gasteiger charge is 2.28. The molecule has 4 rings (SSSR count). The number of anilines is 1. The molecule has 3 amide bonds. The van der Waals surface area contributed by atoms with Crippen LogP contribution in [0.4, 0.5) is 5.69 Å². The van der Waals surface area contributed by atoms with Crippen LogP contribution in [0.25, 0.3) is 0 Å². The molecule has 1 heterocycles. The van der Waals surface area contributed by atoms with Gasteiger partial charge in [0.05, 0.1) is 5.92 Å². The molecular weight excluding hydrogens is 450 g/mol. The molecule has 0 saturated carbocycles. The SMILES string of the molecule is O=C(Nc1ccc(C(=O)N2CCC[C@H](C(=O)NCc3ccccc3)C2)cc1)c1ccc(Cl)cc1. The van der Waals surface area contributed by atoms with Gasteiger partial charge in [-0.2, -0.15) is 0 Å². The first-order valence-corrected chi connectivity index (χ1v) is 11.7. The van der Waals surface area contributed by atoms with Gasteiger partial charge in [-0.25, -0.2) is 0 Å². The summed E-state index contributed by atoms with van der Waals surface area (Å²) in [6.07, 6.45) is 1.55. The van der Waals surface area contributed by atoms with Crippen LogP contribution in [0.5, 0.6) is 0 Å². The Hall–Kier alpha value is -3.64. The second kappa shape index (κ2) is 11.0. The summed E-state index contributed by atoms with van der Waals surface area (Å²) in [4.78, 5) is 39.8. The molecule has 0 unspecified atom stereocenters. The molecule has 1 fully saturated rings. The molecule has 34 heavy (non-hydrogen) atoms. The van der Waals surface area contributed by atoms with Gasteiger partial charge in [-0.05, 0) is 66.9 Å². The molecule has 0 radical (unpaired) electrons. The van der Waals surface area contributed by atoms with Gasteiger partial charge in [0.2, 0.25) is 5.91 Å². The topological polar surface area (TPSA) is 78.5 Å². The average Bonchev–Trinajstić information content (AvgIpc) is 2.88. The predicted octanol–water partition coefficient (Wildman–Crippen LogP) is 4.76. The molecule has 2 N–H and O–H groups in total. The lowest BCUT2D eigenvalue weighted by Crippen LogP contribution is -2.45. The lowest BCUT2D eigenvalue weighted by molar-refractivity contribution is -0.126. The zero-order valence-corrected chi connectivity index (χ0v) is 19.4. The number of rotatable bonds is 6. The number of carbonyl (C=O) groups excluding carboxylic acids is 3. The molecule has 1 aliphatic rings. The van der Waals surface area contributed by atoms with Crippen molar-refractivity contribution < 1.29 is 14.4 Å². The van der Waals surface area contributed by atoms with E-state index in [0.717, 1.165) is 18.4 Å². The van der Waals surface area contributed by atoms with Crippen molar-refractivity contribution in [3.8, 4) is 0 Å². The molecule has 174 valence electrons. The van der Waals surface area contributed by atoms with Crippen LogP contribution in [0.1, 0.15) is 39.1 Å². The second-order valence-electron chi connectivity index (χ2n) is 8.33. The summed E-state index contributed by atoms with van der Waals surface area (Å²) in [6, 6.07) is 23.2. The quantitative estimate of drug-likeness (QED) is 0.539. The second-order valence-corrected chi connectivity index (χ2v) is 8.77. The lowest BCUT2D eigenvalue weighted by Gasteiger charge is -2.32. The van der Waals surface area contributed by atoms with E-state index in [-0.39, 0.29) is 23.6 Å². The molecule has 0 bridgehead atoms. The maximum Gasteiger partial charge on any atom is 0.255 e. The summed E-state index contributed by atoms with van der Waals surface area (Å²) < 4.78 is 0. The summed E-state index contributed by atoms with van der Waals surface area (Å²) in [6.45, 7) is 1.50. The summed E-state index contributed by atoms with van der Waals surface area (Å²) in [7, 11) is 0. The summed E-state index contributed by atoms with van der Waals surface area (Å²) in [5, 5.41) is 6.36. The molecule has 1 saturated heterocycles. The fourth-order valence-electron chi connectivity index (χ4n) is 3.99. The van der Waals surface area contributed by atoms with Gasteiger partial charge in [-0.3, -0.25) is 14.4 Å². The number of amides is 3. The molecular formula is C27H26ClN3O3. The minimum atomic E-state index is -0.254. The van der Waals surface area contributed by atoms with Crippen LogP contribution >= 0.6 is 11.6 Å². The van der Waals surface area contributed by atoms with Gasteiger partial charge >= 0.3 is 0 Å². The van der Waals surface area contributed by atoms with Crippen LogP contribution in [0.15, 0.2) is 78.9 Å². The van der Waals surface area contributed by atoms with Crippen molar-refractivity contribution in [1.29, 1.82) is 0 Å². The first-order chi connectivity index (χ1) is 16.5. The van der Waals surface area contributed by atoms with Gasteiger partial charge in [0.15, 0.2) is 0 Å². The lowest BCUT2D eigenvalue weighted by atomic mass is 9.96. The Kier molecular flexibility index (Phi) is 7.60. The highest BCUT2D eigenvalue weighted by Crippen LogP contribution is 2.20. The van der Waals surface area contributed by atoms with Gasteiger partial charge in [0.25, 0.3) is 11.8 Å². The zero-order valence-electron chi connectivity index (χ0n) is 18.7. The van der Waals surface area contributed by atoms with Crippen molar-refractivity contribution in [3.05, 3.63) is 101 Å². The number of hydrogen-bond donors (Lipinski definition) is 2. The Morgan fingerprint density at radius 2 is 1.56 bits per heavy atom. The van der Waals surface area contributed by atoms with Crippen molar-refractivity contribution in [3.63, 3.8) is 0 Å². The Morgan fingerprint density at radius 1 is 0.882 bits per heavy atom. The summed E-state index contributed by atoms with van der Waals surface area (Å²) in [5.74, 6) is -0.617. The van der Waals surface area contributed by atoms with Crippen molar-refractivity contribution in [1.82, 2.24) is 10.2 Å². The van der Waals surface area contributed by atoms with E-state index in [9.17, 15) is 14.4 Å². The number of halogens is 1. The number of piperidine rings is 1. The van der Waals surface area contributed by atoms with E-state index < -0.39 is 0 Å². The van der Waals surface area contributed by atoms with E-state index in [1.165, 1.54) is 0 Å². The van der Waals surface area contributed by atoms with Gasteiger partial charge in [0.1, 0.15) is 0 Å². The van der Waals surface area contributed by atoms with Crippen molar-refractivity contribution >= 4 is 35.0 Å². The zero-order chi connectivity index (χ0) is 23.9. The third-order valence-corrected chi connectivity index (χ3v) is 6.14. The van der Waals surface area contributed by atoms with Gasteiger partial charge in [-0.15, -0.1) is 0 Å². The average molecular weight is 476 g/mol. The summed E-state index contributed by atoms with van der Waals surface area (Å²) >= 11 is 5.87. The van der Waals surface area contributed by atoms with E-state index in [1.807, 2.05) is 30.3 Å². The monoisotopic (exact) mass is 475 g/mol. The molecule has 0 aromatic heterocycles.